The lowest BCUT2D eigenvalue weighted by atomic mass is 9.96. The number of benzene rings is 1. The quantitative estimate of drug-likeness (QED) is 0.744. The highest BCUT2D eigenvalue weighted by molar-refractivity contribution is 5.33. The highest BCUT2D eigenvalue weighted by atomic mass is 16.5. The number of para-hydroxylation sites is 1. The van der Waals surface area contributed by atoms with Gasteiger partial charge in [0.25, 0.3) is 0 Å². The summed E-state index contributed by atoms with van der Waals surface area (Å²) in [4.78, 5) is 0. The van der Waals surface area contributed by atoms with E-state index in [4.69, 9.17) is 9.47 Å². The van der Waals surface area contributed by atoms with Gasteiger partial charge in [-0.25, -0.2) is 0 Å². The van der Waals surface area contributed by atoms with Gasteiger partial charge in [-0.15, -0.1) is 0 Å². The largest absolute Gasteiger partial charge is 0.496 e. The second-order valence-corrected chi connectivity index (χ2v) is 5.07. The van der Waals surface area contributed by atoms with Gasteiger partial charge >= 0.3 is 0 Å². The van der Waals surface area contributed by atoms with E-state index in [2.05, 4.69) is 31.3 Å². The Labute approximate surface area is 117 Å². The molecule has 0 spiro atoms. The van der Waals surface area contributed by atoms with Gasteiger partial charge in [0.15, 0.2) is 0 Å². The van der Waals surface area contributed by atoms with Gasteiger partial charge < -0.3 is 14.8 Å². The van der Waals surface area contributed by atoms with E-state index in [-0.39, 0.29) is 0 Å². The molecule has 0 saturated carbocycles. The molecule has 0 fully saturated rings. The molecular weight excluding hydrogens is 238 g/mol. The Hall–Kier alpha value is -1.06. The van der Waals surface area contributed by atoms with Crippen molar-refractivity contribution in [3.8, 4) is 5.75 Å². The Morgan fingerprint density at radius 1 is 1.21 bits per heavy atom. The van der Waals surface area contributed by atoms with Crippen molar-refractivity contribution in [1.82, 2.24) is 5.32 Å². The second kappa shape index (κ2) is 8.94. The summed E-state index contributed by atoms with van der Waals surface area (Å²) in [5, 5.41) is 3.56. The van der Waals surface area contributed by atoms with Crippen molar-refractivity contribution in [3.05, 3.63) is 29.8 Å². The fraction of sp³-hybridized carbons (Fsp3) is 0.625. The first-order chi connectivity index (χ1) is 9.21. The zero-order valence-electron chi connectivity index (χ0n) is 12.6. The van der Waals surface area contributed by atoms with Crippen LogP contribution in [0.2, 0.25) is 0 Å². The van der Waals surface area contributed by atoms with Crippen LogP contribution < -0.4 is 10.1 Å². The van der Waals surface area contributed by atoms with Gasteiger partial charge in [-0.2, -0.15) is 0 Å². The van der Waals surface area contributed by atoms with Crippen molar-refractivity contribution in [1.29, 1.82) is 0 Å². The monoisotopic (exact) mass is 265 g/mol. The zero-order chi connectivity index (χ0) is 14.1. The molecule has 0 aliphatic carbocycles. The van der Waals surface area contributed by atoms with Crippen LogP contribution in [0.1, 0.15) is 25.8 Å². The average Bonchev–Trinajstić information content (AvgIpc) is 2.40. The minimum atomic E-state index is 0.464. The summed E-state index contributed by atoms with van der Waals surface area (Å²) in [6.45, 7) is 6.18. The van der Waals surface area contributed by atoms with Gasteiger partial charge in [-0.05, 0) is 36.9 Å². The average molecular weight is 265 g/mol. The van der Waals surface area contributed by atoms with Crippen LogP contribution in [-0.4, -0.2) is 33.4 Å². The summed E-state index contributed by atoms with van der Waals surface area (Å²) in [6, 6.07) is 8.71. The maximum absolute atomic E-state index is 5.42. The summed E-state index contributed by atoms with van der Waals surface area (Å²) < 4.78 is 10.6. The van der Waals surface area contributed by atoms with Gasteiger partial charge in [0, 0.05) is 19.8 Å². The molecule has 0 bridgehead atoms. The Bertz CT molecular complexity index is 354. The fourth-order valence-corrected chi connectivity index (χ4v) is 2.50. The Morgan fingerprint density at radius 3 is 2.58 bits per heavy atom. The lowest BCUT2D eigenvalue weighted by molar-refractivity contribution is 0.149. The third-order valence-electron chi connectivity index (χ3n) is 3.29. The number of methoxy groups -OCH3 is 2. The lowest BCUT2D eigenvalue weighted by Gasteiger charge is -2.22. The first-order valence-electron chi connectivity index (χ1n) is 7.05. The molecule has 1 aromatic carbocycles. The van der Waals surface area contributed by atoms with Crippen LogP contribution in [0.25, 0.3) is 0 Å². The topological polar surface area (TPSA) is 30.5 Å². The molecule has 1 N–H and O–H groups in total. The van der Waals surface area contributed by atoms with E-state index >= 15 is 0 Å². The summed E-state index contributed by atoms with van der Waals surface area (Å²) >= 11 is 0. The van der Waals surface area contributed by atoms with Crippen LogP contribution in [0.5, 0.6) is 5.75 Å². The van der Waals surface area contributed by atoms with Gasteiger partial charge in [0.2, 0.25) is 0 Å². The van der Waals surface area contributed by atoms with E-state index in [0.717, 1.165) is 31.7 Å². The van der Waals surface area contributed by atoms with Crippen LogP contribution in [0.3, 0.4) is 0 Å². The van der Waals surface area contributed by atoms with E-state index in [1.165, 1.54) is 5.56 Å². The molecule has 1 rings (SSSR count). The predicted octanol–water partition coefficient (Wildman–Crippen LogP) is 2.89. The zero-order valence-corrected chi connectivity index (χ0v) is 12.6. The third-order valence-corrected chi connectivity index (χ3v) is 3.29. The maximum atomic E-state index is 5.42. The second-order valence-electron chi connectivity index (χ2n) is 5.07. The van der Waals surface area contributed by atoms with Gasteiger partial charge in [0.1, 0.15) is 5.75 Å². The van der Waals surface area contributed by atoms with Crippen molar-refractivity contribution in [2.24, 2.45) is 5.92 Å². The van der Waals surface area contributed by atoms with Crippen molar-refractivity contribution >= 4 is 0 Å². The van der Waals surface area contributed by atoms with E-state index in [0.29, 0.717) is 12.0 Å². The summed E-state index contributed by atoms with van der Waals surface area (Å²) in [5.74, 6) is 1.54. The van der Waals surface area contributed by atoms with Crippen LogP contribution in [0, 0.1) is 5.92 Å². The third kappa shape index (κ3) is 5.62. The molecule has 2 atom stereocenters. The molecule has 2 unspecified atom stereocenters. The highest BCUT2D eigenvalue weighted by Crippen LogP contribution is 2.21. The summed E-state index contributed by atoms with van der Waals surface area (Å²) in [5.41, 5.74) is 1.26. The Kier molecular flexibility index (Phi) is 7.53. The van der Waals surface area contributed by atoms with Gasteiger partial charge in [0.05, 0.1) is 7.11 Å². The van der Waals surface area contributed by atoms with Crippen molar-refractivity contribution in [2.75, 3.05) is 27.4 Å². The molecule has 19 heavy (non-hydrogen) atoms. The molecule has 3 nitrogen and oxygen atoms in total. The molecule has 3 heteroatoms. The molecule has 108 valence electrons. The highest BCUT2D eigenvalue weighted by Gasteiger charge is 2.15. The number of hydrogen-bond acceptors (Lipinski definition) is 3. The van der Waals surface area contributed by atoms with Crippen molar-refractivity contribution in [2.45, 2.75) is 32.7 Å². The number of hydrogen-bond donors (Lipinski definition) is 1. The molecule has 1 aromatic rings. The van der Waals surface area contributed by atoms with Gasteiger partial charge in [-0.1, -0.05) is 32.0 Å². The van der Waals surface area contributed by atoms with Crippen molar-refractivity contribution < 1.29 is 9.47 Å². The molecule has 0 saturated heterocycles. The van der Waals surface area contributed by atoms with Crippen LogP contribution in [0.15, 0.2) is 24.3 Å². The predicted molar refractivity (Wildman–Crippen MR) is 79.8 cm³/mol. The SMILES string of the molecule is CCNC(Cc1ccccc1OC)CC(C)COC. The van der Waals surface area contributed by atoms with Crippen LogP contribution in [0.4, 0.5) is 0 Å². The minimum absolute atomic E-state index is 0.464. The van der Waals surface area contributed by atoms with Crippen molar-refractivity contribution in [3.63, 3.8) is 0 Å². The maximum Gasteiger partial charge on any atom is 0.122 e. The molecule has 0 radical (unpaired) electrons. The molecule has 0 aliphatic rings. The Morgan fingerprint density at radius 2 is 1.95 bits per heavy atom. The summed E-state index contributed by atoms with van der Waals surface area (Å²) in [7, 11) is 3.49. The molecule has 0 aliphatic heterocycles. The number of likely N-dealkylation sites (N-methyl/N-ethyl adjacent to an activating group) is 1. The number of rotatable bonds is 9. The Balaban J connectivity index is 2.66. The first-order valence-corrected chi connectivity index (χ1v) is 7.05. The lowest BCUT2D eigenvalue weighted by Crippen LogP contribution is -2.33. The minimum Gasteiger partial charge on any atom is -0.496 e. The first kappa shape index (κ1) is 16.0. The molecular formula is C16H27NO2. The molecule has 0 aromatic heterocycles. The van der Waals surface area contributed by atoms with E-state index in [9.17, 15) is 0 Å². The molecule has 0 heterocycles. The summed E-state index contributed by atoms with van der Waals surface area (Å²) in [6.07, 6.45) is 2.10. The smallest absolute Gasteiger partial charge is 0.122 e. The fourth-order valence-electron chi connectivity index (χ4n) is 2.50. The van der Waals surface area contributed by atoms with Gasteiger partial charge in [-0.3, -0.25) is 0 Å². The normalized spacial score (nSPS) is 14.1. The standard InChI is InChI=1S/C16H27NO2/c1-5-17-15(10-13(2)12-18-3)11-14-8-6-7-9-16(14)19-4/h6-9,13,15,17H,5,10-12H2,1-4H3. The van der Waals surface area contributed by atoms with E-state index < -0.39 is 0 Å². The number of ether oxygens (including phenoxy) is 2. The number of nitrogens with one attached hydrogen (secondary N) is 1. The van der Waals surface area contributed by atoms with Crippen LogP contribution in [-0.2, 0) is 11.2 Å². The van der Waals surface area contributed by atoms with E-state index in [1.54, 1.807) is 14.2 Å². The molecule has 0 amide bonds. The van der Waals surface area contributed by atoms with Crippen LogP contribution >= 0.6 is 0 Å². The van der Waals surface area contributed by atoms with E-state index in [1.807, 2.05) is 12.1 Å².